The van der Waals surface area contributed by atoms with Crippen LogP contribution < -0.4 is 0 Å². The number of hydrogen-bond acceptors (Lipinski definition) is 2. The van der Waals surface area contributed by atoms with Crippen molar-refractivity contribution in [3.8, 4) is 5.75 Å². The van der Waals surface area contributed by atoms with Gasteiger partial charge in [-0.1, -0.05) is 29.8 Å². The van der Waals surface area contributed by atoms with Crippen molar-refractivity contribution < 1.29 is 5.11 Å². The van der Waals surface area contributed by atoms with Gasteiger partial charge in [0.2, 0.25) is 0 Å². The van der Waals surface area contributed by atoms with Crippen LogP contribution in [0.1, 0.15) is 5.56 Å². The van der Waals surface area contributed by atoms with Crippen molar-refractivity contribution in [2.45, 2.75) is 10.6 Å². The van der Waals surface area contributed by atoms with E-state index < -0.39 is 10.9 Å². The maximum atomic E-state index is 9.73. The van der Waals surface area contributed by atoms with Crippen LogP contribution in [-0.4, -0.2) is 10.7 Å². The average Bonchev–Trinajstić information content (AvgIpc) is 2.77. The standard InChI is InChI=1S/C14H12ClNOS/c15-11-6-4-10(5-7-11)8-18-9-16-14-12(17)2-1-3-13(14)18/h1-7,9,17-18H,8H2. The summed E-state index contributed by atoms with van der Waals surface area (Å²) in [6.45, 7) is 0. The highest BCUT2D eigenvalue weighted by Gasteiger charge is 2.18. The second kappa shape index (κ2) is 4.67. The molecule has 1 aliphatic rings. The van der Waals surface area contributed by atoms with Gasteiger partial charge >= 0.3 is 0 Å². The lowest BCUT2D eigenvalue weighted by atomic mass is 10.2. The summed E-state index contributed by atoms with van der Waals surface area (Å²) in [5.74, 6) is 1.21. The van der Waals surface area contributed by atoms with Gasteiger partial charge in [-0.25, -0.2) is 4.99 Å². The summed E-state index contributed by atoms with van der Waals surface area (Å²) in [6, 6.07) is 13.5. The molecule has 1 N–H and O–H groups in total. The molecule has 2 aromatic carbocycles. The Kier molecular flexibility index (Phi) is 3.02. The second-order valence-electron chi connectivity index (χ2n) is 4.14. The Hall–Kier alpha value is -1.45. The monoisotopic (exact) mass is 277 g/mol. The third-order valence-electron chi connectivity index (χ3n) is 2.90. The van der Waals surface area contributed by atoms with E-state index in [1.807, 2.05) is 41.9 Å². The number of hydrogen-bond donors (Lipinski definition) is 2. The molecular formula is C14H12ClNOS. The molecule has 0 aromatic heterocycles. The molecule has 3 rings (SSSR count). The molecule has 92 valence electrons. The van der Waals surface area contributed by atoms with Crippen molar-refractivity contribution in [1.82, 2.24) is 0 Å². The molecule has 1 unspecified atom stereocenters. The molecule has 0 spiro atoms. The number of phenols is 1. The number of halogens is 1. The van der Waals surface area contributed by atoms with Gasteiger partial charge in [0.25, 0.3) is 0 Å². The fraction of sp³-hybridized carbons (Fsp3) is 0.0714. The van der Waals surface area contributed by atoms with Gasteiger partial charge in [-0.05, 0) is 29.8 Å². The molecule has 1 heterocycles. The Morgan fingerprint density at radius 1 is 1.11 bits per heavy atom. The van der Waals surface area contributed by atoms with Gasteiger partial charge in [0.05, 0.1) is 0 Å². The van der Waals surface area contributed by atoms with Crippen molar-refractivity contribution in [3.63, 3.8) is 0 Å². The smallest absolute Gasteiger partial charge is 0.142 e. The molecule has 0 bridgehead atoms. The van der Waals surface area contributed by atoms with E-state index in [2.05, 4.69) is 4.99 Å². The maximum Gasteiger partial charge on any atom is 0.142 e. The quantitative estimate of drug-likeness (QED) is 0.789. The van der Waals surface area contributed by atoms with Crippen LogP contribution >= 0.6 is 22.5 Å². The minimum Gasteiger partial charge on any atom is -0.506 e. The zero-order valence-electron chi connectivity index (χ0n) is 9.55. The van der Waals surface area contributed by atoms with Gasteiger partial charge in [0.1, 0.15) is 11.4 Å². The fourth-order valence-electron chi connectivity index (χ4n) is 1.99. The minimum atomic E-state index is -0.458. The Morgan fingerprint density at radius 2 is 1.89 bits per heavy atom. The first-order valence-electron chi connectivity index (χ1n) is 5.61. The summed E-state index contributed by atoms with van der Waals surface area (Å²) in [7, 11) is -0.458. The number of thiol groups is 1. The summed E-state index contributed by atoms with van der Waals surface area (Å²) < 4.78 is 0. The summed E-state index contributed by atoms with van der Waals surface area (Å²) in [5, 5.41) is 10.5. The average molecular weight is 278 g/mol. The summed E-state index contributed by atoms with van der Waals surface area (Å²) in [5.41, 5.74) is 3.94. The number of phenolic OH excluding ortho intramolecular Hbond substituents is 1. The van der Waals surface area contributed by atoms with Gasteiger partial charge in [-0.3, -0.25) is 0 Å². The summed E-state index contributed by atoms with van der Waals surface area (Å²) >= 11 is 5.88. The van der Waals surface area contributed by atoms with E-state index >= 15 is 0 Å². The van der Waals surface area contributed by atoms with Crippen LogP contribution in [0.2, 0.25) is 5.02 Å². The van der Waals surface area contributed by atoms with E-state index in [4.69, 9.17) is 11.6 Å². The van der Waals surface area contributed by atoms with E-state index in [1.54, 1.807) is 6.07 Å². The third-order valence-corrected chi connectivity index (χ3v) is 5.23. The zero-order chi connectivity index (χ0) is 12.5. The number of nitrogens with zero attached hydrogens (tertiary/aromatic N) is 1. The Morgan fingerprint density at radius 3 is 2.67 bits per heavy atom. The Labute approximate surface area is 113 Å². The Balaban J connectivity index is 1.87. The fourth-order valence-corrected chi connectivity index (χ4v) is 4.07. The van der Waals surface area contributed by atoms with Crippen LogP contribution in [0.4, 0.5) is 5.69 Å². The molecule has 4 heteroatoms. The van der Waals surface area contributed by atoms with Crippen LogP contribution in [0, 0.1) is 0 Å². The lowest BCUT2D eigenvalue weighted by Crippen LogP contribution is -1.87. The molecule has 0 radical (unpaired) electrons. The van der Waals surface area contributed by atoms with Gasteiger partial charge in [0, 0.05) is 21.2 Å². The van der Waals surface area contributed by atoms with Crippen molar-refractivity contribution >= 4 is 33.7 Å². The SMILES string of the molecule is Oc1cccc2c1N=C[SH]2Cc1ccc(Cl)cc1. The second-order valence-corrected chi connectivity index (χ2v) is 6.55. The molecule has 1 aliphatic heterocycles. The number of aliphatic imine (C=N–C) groups is 1. The largest absolute Gasteiger partial charge is 0.506 e. The molecule has 2 nitrogen and oxygen atoms in total. The maximum absolute atomic E-state index is 9.73. The highest BCUT2D eigenvalue weighted by molar-refractivity contribution is 8.28. The van der Waals surface area contributed by atoms with Crippen LogP contribution in [0.15, 0.2) is 52.4 Å². The zero-order valence-corrected chi connectivity index (χ0v) is 11.2. The summed E-state index contributed by atoms with van der Waals surface area (Å²) in [4.78, 5) is 5.47. The molecule has 1 atom stereocenters. The number of benzene rings is 2. The van der Waals surface area contributed by atoms with Crippen LogP contribution in [0.5, 0.6) is 5.75 Å². The molecule has 0 amide bonds. The molecule has 0 aliphatic carbocycles. The van der Waals surface area contributed by atoms with Crippen molar-refractivity contribution in [3.05, 3.63) is 53.1 Å². The Bertz CT molecular complexity index is 610. The van der Waals surface area contributed by atoms with Gasteiger partial charge in [-0.2, -0.15) is 10.9 Å². The van der Waals surface area contributed by atoms with Crippen LogP contribution in [0.3, 0.4) is 0 Å². The van der Waals surface area contributed by atoms with Crippen LogP contribution in [0.25, 0.3) is 0 Å². The first kappa shape index (κ1) is 11.6. The molecule has 18 heavy (non-hydrogen) atoms. The van der Waals surface area contributed by atoms with Gasteiger partial charge < -0.3 is 5.11 Å². The first-order chi connectivity index (χ1) is 8.74. The van der Waals surface area contributed by atoms with Gasteiger partial charge in [0.15, 0.2) is 0 Å². The first-order valence-corrected chi connectivity index (χ1v) is 7.59. The lowest BCUT2D eigenvalue weighted by Gasteiger charge is -2.14. The van der Waals surface area contributed by atoms with E-state index in [1.165, 1.54) is 5.56 Å². The highest BCUT2D eigenvalue weighted by Crippen LogP contribution is 2.51. The molecule has 0 saturated carbocycles. The molecular weight excluding hydrogens is 266 g/mol. The number of para-hydroxylation sites is 1. The lowest BCUT2D eigenvalue weighted by molar-refractivity contribution is 0.476. The van der Waals surface area contributed by atoms with E-state index in [0.29, 0.717) is 0 Å². The van der Waals surface area contributed by atoms with Gasteiger partial charge in [-0.15, -0.1) is 0 Å². The highest BCUT2D eigenvalue weighted by atomic mass is 35.5. The van der Waals surface area contributed by atoms with Crippen molar-refractivity contribution in [1.29, 1.82) is 0 Å². The predicted octanol–water partition coefficient (Wildman–Crippen LogP) is 4.28. The molecule has 2 aromatic rings. The number of fused-ring (bicyclic) bond motifs is 1. The normalized spacial score (nSPS) is 18.8. The number of aromatic hydroxyl groups is 1. The van der Waals surface area contributed by atoms with Crippen LogP contribution in [-0.2, 0) is 5.75 Å². The van der Waals surface area contributed by atoms with E-state index in [0.717, 1.165) is 21.4 Å². The molecule has 0 saturated heterocycles. The van der Waals surface area contributed by atoms with Crippen molar-refractivity contribution in [2.75, 3.05) is 0 Å². The van der Waals surface area contributed by atoms with Crippen molar-refractivity contribution in [2.24, 2.45) is 4.99 Å². The third kappa shape index (κ3) is 2.11. The van der Waals surface area contributed by atoms with E-state index in [9.17, 15) is 5.11 Å². The minimum absolute atomic E-state index is 0.268. The predicted molar refractivity (Wildman–Crippen MR) is 78.7 cm³/mol. The molecule has 0 fully saturated rings. The topological polar surface area (TPSA) is 32.6 Å². The number of rotatable bonds is 2. The van der Waals surface area contributed by atoms with E-state index in [-0.39, 0.29) is 5.75 Å². The summed E-state index contributed by atoms with van der Waals surface area (Å²) in [6.07, 6.45) is 0.